The smallest absolute Gasteiger partial charge is 0.0923 e. The molecule has 0 bridgehead atoms. The second kappa shape index (κ2) is 8.46. The minimum absolute atomic E-state index is 0.498. The van der Waals surface area contributed by atoms with Gasteiger partial charge in [0.2, 0.25) is 0 Å². The lowest BCUT2D eigenvalue weighted by Gasteiger charge is -2.28. The molecule has 1 fully saturated rings. The van der Waals surface area contributed by atoms with Crippen molar-refractivity contribution in [2.75, 3.05) is 0 Å². The molecule has 0 amide bonds. The van der Waals surface area contributed by atoms with Crippen molar-refractivity contribution in [2.24, 2.45) is 0 Å². The first-order valence-electron chi connectivity index (χ1n) is 9.90. The van der Waals surface area contributed by atoms with Gasteiger partial charge in [-0.25, -0.2) is 9.44 Å². The van der Waals surface area contributed by atoms with Crippen LogP contribution in [0.25, 0.3) is 22.0 Å². The summed E-state index contributed by atoms with van der Waals surface area (Å²) in [6.45, 7) is 4.33. The van der Waals surface area contributed by atoms with Gasteiger partial charge in [-0.3, -0.25) is 5.10 Å². The molecule has 1 aliphatic rings. The monoisotopic (exact) mass is 380 g/mol. The number of hydrogen-bond acceptors (Lipinski definition) is 4. The average Bonchev–Trinajstić information content (AvgIpc) is 3.18. The van der Waals surface area contributed by atoms with Gasteiger partial charge in [-0.1, -0.05) is 36.4 Å². The van der Waals surface area contributed by atoms with E-state index in [1.54, 1.807) is 12.1 Å². The fraction of sp³-hybridized carbons (Fsp3) is 0.409. The third-order valence-corrected chi connectivity index (χ3v) is 6.37. The molecule has 0 saturated heterocycles. The summed E-state index contributed by atoms with van der Waals surface area (Å²) in [6.07, 6.45) is 4.84. The number of rotatable bonds is 6. The number of benzene rings is 2. The van der Waals surface area contributed by atoms with Gasteiger partial charge in [0.25, 0.3) is 0 Å². The van der Waals surface area contributed by atoms with Crippen molar-refractivity contribution in [3.05, 3.63) is 54.2 Å². The summed E-state index contributed by atoms with van der Waals surface area (Å²) < 4.78 is 6.91. The first-order valence-corrected chi connectivity index (χ1v) is 10.7. The lowest BCUT2D eigenvalue weighted by atomic mass is 9.84. The van der Waals surface area contributed by atoms with Crippen LogP contribution in [-0.2, 0) is 0 Å². The van der Waals surface area contributed by atoms with Crippen LogP contribution in [0.5, 0.6) is 0 Å². The van der Waals surface area contributed by atoms with Gasteiger partial charge in [-0.05, 0) is 62.4 Å². The predicted molar refractivity (Wildman–Crippen MR) is 116 cm³/mol. The van der Waals surface area contributed by atoms with Crippen LogP contribution in [0.4, 0.5) is 0 Å². The van der Waals surface area contributed by atoms with Crippen molar-refractivity contribution in [3.8, 4) is 11.3 Å². The predicted octanol–water partition coefficient (Wildman–Crippen LogP) is 5.41. The van der Waals surface area contributed by atoms with Gasteiger partial charge in [-0.15, -0.1) is 0 Å². The van der Waals surface area contributed by atoms with Crippen LogP contribution in [0.2, 0.25) is 0 Å². The number of H-pyrrole nitrogens is 1. The maximum atomic E-state index is 4.60. The fourth-order valence-corrected chi connectivity index (χ4v) is 4.51. The molecule has 1 heterocycles. The molecule has 4 nitrogen and oxygen atoms in total. The zero-order valence-corrected chi connectivity index (χ0v) is 16.9. The molecule has 1 aromatic heterocycles. The molecule has 0 unspecified atom stereocenters. The Labute approximate surface area is 165 Å². The van der Waals surface area contributed by atoms with E-state index < -0.39 is 0 Å². The van der Waals surface area contributed by atoms with E-state index in [1.165, 1.54) is 47.7 Å². The molecule has 2 aromatic carbocycles. The molecule has 0 spiro atoms. The Morgan fingerprint density at radius 2 is 1.78 bits per heavy atom. The van der Waals surface area contributed by atoms with E-state index in [2.05, 4.69) is 82.0 Å². The molecule has 1 saturated carbocycles. The third kappa shape index (κ3) is 4.54. The van der Waals surface area contributed by atoms with Crippen LogP contribution < -0.4 is 9.44 Å². The van der Waals surface area contributed by atoms with Crippen molar-refractivity contribution < 1.29 is 0 Å². The van der Waals surface area contributed by atoms with E-state index in [0.29, 0.717) is 18.0 Å². The molecule has 0 atom stereocenters. The highest BCUT2D eigenvalue weighted by molar-refractivity contribution is 7.95. The highest BCUT2D eigenvalue weighted by Crippen LogP contribution is 2.34. The van der Waals surface area contributed by atoms with Crippen LogP contribution in [-0.4, -0.2) is 22.3 Å². The Balaban J connectivity index is 1.38. The first-order chi connectivity index (χ1) is 13.2. The van der Waals surface area contributed by atoms with Crippen LogP contribution in [0.1, 0.15) is 51.1 Å². The second-order valence-electron chi connectivity index (χ2n) is 7.81. The van der Waals surface area contributed by atoms with Crippen molar-refractivity contribution in [3.63, 3.8) is 0 Å². The van der Waals surface area contributed by atoms with Gasteiger partial charge in [0.1, 0.15) is 0 Å². The van der Waals surface area contributed by atoms with Crippen molar-refractivity contribution in [1.82, 2.24) is 19.6 Å². The van der Waals surface area contributed by atoms with Gasteiger partial charge in [0.15, 0.2) is 0 Å². The zero-order chi connectivity index (χ0) is 18.6. The Morgan fingerprint density at radius 3 is 2.56 bits per heavy atom. The third-order valence-electron chi connectivity index (χ3n) is 5.33. The first kappa shape index (κ1) is 18.5. The summed E-state index contributed by atoms with van der Waals surface area (Å²) >= 11 is 1.65. The minimum Gasteiger partial charge on any atom is -0.282 e. The second-order valence-corrected chi connectivity index (χ2v) is 8.49. The van der Waals surface area contributed by atoms with Crippen molar-refractivity contribution in [2.45, 2.75) is 57.5 Å². The summed E-state index contributed by atoms with van der Waals surface area (Å²) in [6, 6.07) is 18.4. The number of aromatic nitrogens is 2. The lowest BCUT2D eigenvalue weighted by Crippen LogP contribution is -2.31. The summed E-state index contributed by atoms with van der Waals surface area (Å²) in [5.41, 5.74) is 3.51. The quantitative estimate of drug-likeness (QED) is 0.501. The summed E-state index contributed by atoms with van der Waals surface area (Å²) in [7, 11) is 0. The standard InChI is InChI=1S/C22H28N4S/c1-15(2)25-27-26-20-11-9-17(10-12-20)21-14-22(24-23-21)19-8-7-16-5-3-4-6-18(16)13-19/h3-8,13-15,17,20,25-26H,9-12H2,1-2H3,(H,23,24). The topological polar surface area (TPSA) is 52.7 Å². The number of nitrogens with one attached hydrogen (secondary N) is 3. The number of hydrogen-bond donors (Lipinski definition) is 3. The summed E-state index contributed by atoms with van der Waals surface area (Å²) in [5.74, 6) is 0.591. The van der Waals surface area contributed by atoms with Crippen LogP contribution in [0.15, 0.2) is 48.5 Å². The molecular formula is C22H28N4S. The summed E-state index contributed by atoms with van der Waals surface area (Å²) in [5, 5.41) is 10.4. The zero-order valence-electron chi connectivity index (χ0n) is 16.0. The molecule has 27 heavy (non-hydrogen) atoms. The SMILES string of the molecule is CC(C)NSNC1CCC(c2cc(-c3ccc4ccccc4c3)n[nH]2)CC1. The molecule has 3 aromatic rings. The largest absolute Gasteiger partial charge is 0.282 e. The van der Waals surface area contributed by atoms with E-state index >= 15 is 0 Å². The Morgan fingerprint density at radius 1 is 1.00 bits per heavy atom. The van der Waals surface area contributed by atoms with Gasteiger partial charge in [0, 0.05) is 41.4 Å². The van der Waals surface area contributed by atoms with E-state index in [1.807, 2.05) is 0 Å². The van der Waals surface area contributed by atoms with Crippen LogP contribution in [0, 0.1) is 0 Å². The Bertz CT molecular complexity index is 881. The van der Waals surface area contributed by atoms with Gasteiger partial charge in [-0.2, -0.15) is 5.10 Å². The number of fused-ring (bicyclic) bond motifs is 1. The molecular weight excluding hydrogens is 352 g/mol. The van der Waals surface area contributed by atoms with Crippen LogP contribution in [0.3, 0.4) is 0 Å². The van der Waals surface area contributed by atoms with Crippen LogP contribution >= 0.6 is 12.1 Å². The van der Waals surface area contributed by atoms with Gasteiger partial charge in [0.05, 0.1) is 5.69 Å². The number of nitrogens with zero attached hydrogens (tertiary/aromatic N) is 1. The Hall–Kier alpha value is -1.82. The van der Waals surface area contributed by atoms with E-state index in [9.17, 15) is 0 Å². The summed E-state index contributed by atoms with van der Waals surface area (Å²) in [4.78, 5) is 0. The Kier molecular flexibility index (Phi) is 5.81. The highest BCUT2D eigenvalue weighted by Gasteiger charge is 2.24. The van der Waals surface area contributed by atoms with Gasteiger partial charge < -0.3 is 0 Å². The van der Waals surface area contributed by atoms with Gasteiger partial charge >= 0.3 is 0 Å². The van der Waals surface area contributed by atoms with E-state index in [-0.39, 0.29) is 0 Å². The minimum atomic E-state index is 0.498. The highest BCUT2D eigenvalue weighted by atomic mass is 32.2. The maximum absolute atomic E-state index is 4.60. The molecule has 0 radical (unpaired) electrons. The lowest BCUT2D eigenvalue weighted by molar-refractivity contribution is 0.376. The van der Waals surface area contributed by atoms with Crippen molar-refractivity contribution in [1.29, 1.82) is 0 Å². The normalized spacial score (nSPS) is 20.4. The maximum Gasteiger partial charge on any atom is 0.0923 e. The fourth-order valence-electron chi connectivity index (χ4n) is 3.80. The molecule has 5 heteroatoms. The molecule has 0 aliphatic heterocycles. The molecule has 142 valence electrons. The average molecular weight is 381 g/mol. The van der Waals surface area contributed by atoms with Crippen molar-refractivity contribution >= 4 is 22.9 Å². The number of aromatic amines is 1. The molecule has 3 N–H and O–H groups in total. The van der Waals surface area contributed by atoms with E-state index in [0.717, 1.165) is 5.69 Å². The molecule has 1 aliphatic carbocycles. The van der Waals surface area contributed by atoms with E-state index in [4.69, 9.17) is 0 Å². The molecule has 4 rings (SSSR count).